The lowest BCUT2D eigenvalue weighted by atomic mass is 10.1. The van der Waals surface area contributed by atoms with Crippen molar-refractivity contribution in [3.05, 3.63) is 59.0 Å². The van der Waals surface area contributed by atoms with Crippen molar-refractivity contribution in [1.82, 2.24) is 4.98 Å². The summed E-state index contributed by atoms with van der Waals surface area (Å²) in [6, 6.07) is 14.0. The molecule has 3 rings (SSSR count). The lowest BCUT2D eigenvalue weighted by Crippen LogP contribution is -2.06. The maximum Gasteiger partial charge on any atom is 0.203 e. The normalized spacial score (nSPS) is 11.1. The molecule has 6 heteroatoms. The van der Waals surface area contributed by atoms with Crippen molar-refractivity contribution in [2.24, 2.45) is 5.10 Å². The molecule has 0 aliphatic rings. The summed E-state index contributed by atoms with van der Waals surface area (Å²) >= 11 is 1.52. The van der Waals surface area contributed by atoms with Crippen molar-refractivity contribution in [3.63, 3.8) is 0 Å². The van der Waals surface area contributed by atoms with E-state index in [1.54, 1.807) is 13.3 Å². The molecule has 0 radical (unpaired) electrons. The van der Waals surface area contributed by atoms with E-state index in [9.17, 15) is 0 Å². The first kappa shape index (κ1) is 18.9. The first-order valence-electron chi connectivity index (χ1n) is 8.71. The van der Waals surface area contributed by atoms with Crippen LogP contribution in [-0.4, -0.2) is 24.4 Å². The molecule has 2 aromatic carbocycles. The van der Waals surface area contributed by atoms with E-state index in [0.29, 0.717) is 5.75 Å². The minimum atomic E-state index is 0.0905. The molecule has 0 spiro atoms. The van der Waals surface area contributed by atoms with Gasteiger partial charge in [0.15, 0.2) is 11.5 Å². The van der Waals surface area contributed by atoms with E-state index in [1.807, 2.05) is 37.4 Å². The number of thiazole rings is 1. The lowest BCUT2D eigenvalue weighted by Gasteiger charge is -2.13. The number of hydrogen-bond donors (Lipinski definition) is 1. The number of aryl methyl sites for hydroxylation is 1. The van der Waals surface area contributed by atoms with Gasteiger partial charge in [0.2, 0.25) is 5.13 Å². The highest BCUT2D eigenvalue weighted by molar-refractivity contribution is 7.14. The number of hydrazone groups is 1. The first-order valence-corrected chi connectivity index (χ1v) is 9.59. The van der Waals surface area contributed by atoms with E-state index in [0.717, 1.165) is 27.7 Å². The van der Waals surface area contributed by atoms with E-state index in [2.05, 4.69) is 46.7 Å². The quantitative estimate of drug-likeness (QED) is 0.442. The third-order valence-corrected chi connectivity index (χ3v) is 4.52. The molecule has 0 aliphatic heterocycles. The minimum Gasteiger partial charge on any atom is -0.493 e. The molecule has 27 heavy (non-hydrogen) atoms. The largest absolute Gasteiger partial charge is 0.493 e. The molecule has 1 heterocycles. The van der Waals surface area contributed by atoms with Crippen molar-refractivity contribution in [3.8, 4) is 22.8 Å². The summed E-state index contributed by atoms with van der Waals surface area (Å²) in [6.45, 7) is 6.04. The number of nitrogens with zero attached hydrogens (tertiary/aromatic N) is 2. The summed E-state index contributed by atoms with van der Waals surface area (Å²) in [7, 11) is 1.63. The smallest absolute Gasteiger partial charge is 0.203 e. The second kappa shape index (κ2) is 8.68. The number of ether oxygens (including phenoxy) is 2. The van der Waals surface area contributed by atoms with Gasteiger partial charge in [-0.1, -0.05) is 29.8 Å². The van der Waals surface area contributed by atoms with Crippen molar-refractivity contribution in [2.45, 2.75) is 26.9 Å². The van der Waals surface area contributed by atoms with Crippen LogP contribution in [-0.2, 0) is 0 Å². The van der Waals surface area contributed by atoms with Gasteiger partial charge in [0.05, 0.1) is 25.1 Å². The molecular formula is C21H23N3O2S. The van der Waals surface area contributed by atoms with Crippen molar-refractivity contribution < 1.29 is 9.47 Å². The summed E-state index contributed by atoms with van der Waals surface area (Å²) < 4.78 is 11.1. The maximum atomic E-state index is 5.72. The highest BCUT2D eigenvalue weighted by Gasteiger charge is 2.07. The molecule has 0 saturated heterocycles. The standard InChI is InChI=1S/C21H23N3O2S/c1-14(2)26-19-10-7-16(11-20(19)25-4)12-22-24-21-23-18(13-27-21)17-8-5-15(3)6-9-17/h5-14H,1-4H3,(H,23,24)/b22-12-. The molecule has 0 atom stereocenters. The Morgan fingerprint density at radius 3 is 2.59 bits per heavy atom. The van der Waals surface area contributed by atoms with E-state index in [-0.39, 0.29) is 6.10 Å². The Hall–Kier alpha value is -2.86. The lowest BCUT2D eigenvalue weighted by molar-refractivity contribution is 0.230. The Kier molecular flexibility index (Phi) is 6.08. The minimum absolute atomic E-state index is 0.0905. The van der Waals surface area contributed by atoms with Crippen LogP contribution in [0.1, 0.15) is 25.0 Å². The van der Waals surface area contributed by atoms with Crippen LogP contribution < -0.4 is 14.9 Å². The van der Waals surface area contributed by atoms with Crippen molar-refractivity contribution in [2.75, 3.05) is 12.5 Å². The molecule has 0 fully saturated rings. The second-order valence-corrected chi connectivity index (χ2v) is 7.21. The fraction of sp³-hybridized carbons (Fsp3) is 0.238. The zero-order chi connectivity index (χ0) is 19.2. The van der Waals surface area contributed by atoms with Crippen LogP contribution in [0.15, 0.2) is 52.9 Å². The molecule has 140 valence electrons. The zero-order valence-electron chi connectivity index (χ0n) is 15.9. The second-order valence-electron chi connectivity index (χ2n) is 6.35. The highest BCUT2D eigenvalue weighted by atomic mass is 32.1. The number of anilines is 1. The molecule has 0 saturated carbocycles. The summed E-state index contributed by atoms with van der Waals surface area (Å²) in [6.07, 6.45) is 1.82. The Bertz CT molecular complexity index is 917. The summed E-state index contributed by atoms with van der Waals surface area (Å²) in [5, 5.41) is 7.04. The van der Waals surface area contributed by atoms with Gasteiger partial charge in [-0.25, -0.2) is 4.98 Å². The van der Waals surface area contributed by atoms with Crippen molar-refractivity contribution in [1.29, 1.82) is 0 Å². The summed E-state index contributed by atoms with van der Waals surface area (Å²) in [4.78, 5) is 4.57. The average molecular weight is 382 g/mol. The third kappa shape index (κ3) is 5.08. The van der Waals surface area contributed by atoms with Crippen LogP contribution in [0.3, 0.4) is 0 Å². The number of aromatic nitrogens is 1. The van der Waals surface area contributed by atoms with Gasteiger partial charge in [0, 0.05) is 10.9 Å². The van der Waals surface area contributed by atoms with Crippen LogP contribution in [0, 0.1) is 6.92 Å². The van der Waals surface area contributed by atoms with Crippen molar-refractivity contribution >= 4 is 22.7 Å². The fourth-order valence-corrected chi connectivity index (χ4v) is 3.13. The average Bonchev–Trinajstić information content (AvgIpc) is 3.12. The Morgan fingerprint density at radius 2 is 1.89 bits per heavy atom. The molecule has 3 aromatic rings. The third-order valence-electron chi connectivity index (χ3n) is 3.78. The Labute approximate surface area is 163 Å². The fourth-order valence-electron chi connectivity index (χ4n) is 2.46. The Balaban J connectivity index is 1.66. The van der Waals surface area contributed by atoms with Crippen LogP contribution >= 0.6 is 11.3 Å². The summed E-state index contributed by atoms with van der Waals surface area (Å²) in [5.41, 5.74) is 7.16. The van der Waals surface area contributed by atoms with E-state index in [1.165, 1.54) is 16.9 Å². The van der Waals surface area contributed by atoms with Gasteiger partial charge < -0.3 is 9.47 Å². The molecule has 0 amide bonds. The molecule has 1 N–H and O–H groups in total. The van der Waals surface area contributed by atoms with Crippen LogP contribution in [0.25, 0.3) is 11.3 Å². The van der Waals surface area contributed by atoms with Gasteiger partial charge in [-0.15, -0.1) is 11.3 Å². The highest BCUT2D eigenvalue weighted by Crippen LogP contribution is 2.28. The number of rotatable bonds is 7. The van der Waals surface area contributed by atoms with Gasteiger partial charge in [0.25, 0.3) is 0 Å². The Morgan fingerprint density at radius 1 is 1.11 bits per heavy atom. The molecule has 5 nitrogen and oxygen atoms in total. The van der Waals surface area contributed by atoms with Gasteiger partial charge in [0.1, 0.15) is 0 Å². The predicted molar refractivity (Wildman–Crippen MR) is 112 cm³/mol. The number of hydrogen-bond acceptors (Lipinski definition) is 6. The van der Waals surface area contributed by atoms with Crippen LogP contribution in [0.2, 0.25) is 0 Å². The number of nitrogens with one attached hydrogen (secondary N) is 1. The van der Waals surface area contributed by atoms with Crippen LogP contribution in [0.4, 0.5) is 5.13 Å². The SMILES string of the molecule is COc1cc(/C=N\Nc2nc(-c3ccc(C)cc3)cs2)ccc1OC(C)C. The van der Waals surface area contributed by atoms with E-state index >= 15 is 0 Å². The van der Waals surface area contributed by atoms with Gasteiger partial charge in [-0.2, -0.15) is 5.10 Å². The number of benzene rings is 2. The van der Waals surface area contributed by atoms with Gasteiger partial charge in [-0.3, -0.25) is 5.43 Å². The zero-order valence-corrected chi connectivity index (χ0v) is 16.7. The molecular weight excluding hydrogens is 358 g/mol. The molecule has 1 aromatic heterocycles. The van der Waals surface area contributed by atoms with E-state index < -0.39 is 0 Å². The summed E-state index contributed by atoms with van der Waals surface area (Å²) in [5.74, 6) is 1.41. The monoisotopic (exact) mass is 381 g/mol. The maximum absolute atomic E-state index is 5.72. The van der Waals surface area contributed by atoms with Gasteiger partial charge >= 0.3 is 0 Å². The number of methoxy groups -OCH3 is 1. The van der Waals surface area contributed by atoms with E-state index in [4.69, 9.17) is 9.47 Å². The molecule has 0 bridgehead atoms. The molecule has 0 aliphatic carbocycles. The molecule has 0 unspecified atom stereocenters. The first-order chi connectivity index (χ1) is 13.0. The topological polar surface area (TPSA) is 55.7 Å². The van der Waals surface area contributed by atoms with Crippen LogP contribution in [0.5, 0.6) is 11.5 Å². The predicted octanol–water partition coefficient (Wildman–Crippen LogP) is 5.36. The van der Waals surface area contributed by atoms with Gasteiger partial charge in [-0.05, 0) is 44.5 Å².